The van der Waals surface area contributed by atoms with Gasteiger partial charge in [-0.3, -0.25) is 10.1 Å². The van der Waals surface area contributed by atoms with Gasteiger partial charge >= 0.3 is 5.69 Å². The van der Waals surface area contributed by atoms with Gasteiger partial charge in [0, 0.05) is 12.6 Å². The predicted molar refractivity (Wildman–Crippen MR) is 61.3 cm³/mol. The first-order valence-corrected chi connectivity index (χ1v) is 5.17. The van der Waals surface area contributed by atoms with Gasteiger partial charge in [-0.25, -0.2) is 0 Å². The molecule has 0 fully saturated rings. The molecule has 0 bridgehead atoms. The van der Waals surface area contributed by atoms with E-state index < -0.39 is 4.92 Å². The number of nitrogens with zero attached hydrogens (tertiary/aromatic N) is 1. The van der Waals surface area contributed by atoms with Crippen molar-refractivity contribution in [3.05, 3.63) is 33.9 Å². The molecule has 16 heavy (non-hydrogen) atoms. The summed E-state index contributed by atoms with van der Waals surface area (Å²) in [5, 5.41) is 23.0. The zero-order valence-electron chi connectivity index (χ0n) is 9.43. The number of hydrogen-bond acceptors (Lipinski definition) is 4. The average Bonchev–Trinajstić information content (AvgIpc) is 2.19. The molecular formula is C11H16N2O3. The van der Waals surface area contributed by atoms with Gasteiger partial charge in [-0.15, -0.1) is 0 Å². The van der Waals surface area contributed by atoms with Crippen molar-refractivity contribution in [2.24, 2.45) is 5.92 Å². The third-order valence-corrected chi connectivity index (χ3v) is 2.12. The van der Waals surface area contributed by atoms with Gasteiger partial charge in [0.25, 0.3) is 0 Å². The molecule has 0 aliphatic carbocycles. The lowest BCUT2D eigenvalue weighted by molar-refractivity contribution is -0.385. The maximum absolute atomic E-state index is 10.6. The largest absolute Gasteiger partial charge is 0.502 e. The summed E-state index contributed by atoms with van der Waals surface area (Å²) < 4.78 is 0. The molecule has 5 heteroatoms. The third-order valence-electron chi connectivity index (χ3n) is 2.12. The Balaban J connectivity index is 2.68. The van der Waals surface area contributed by atoms with E-state index in [0.717, 1.165) is 12.1 Å². The summed E-state index contributed by atoms with van der Waals surface area (Å²) in [6.07, 6.45) is 0. The van der Waals surface area contributed by atoms with Gasteiger partial charge in [0.05, 0.1) is 4.92 Å². The number of rotatable bonds is 5. The predicted octanol–water partition coefficient (Wildman–Crippen LogP) is 2.05. The van der Waals surface area contributed by atoms with Crippen molar-refractivity contribution in [2.75, 3.05) is 6.54 Å². The molecule has 0 heterocycles. The number of phenolic OH excluding ortho intramolecular Hbond substituents is 1. The van der Waals surface area contributed by atoms with Gasteiger partial charge in [0.15, 0.2) is 5.75 Å². The lowest BCUT2D eigenvalue weighted by Crippen LogP contribution is -2.18. The molecule has 0 unspecified atom stereocenters. The molecule has 1 rings (SSSR count). The van der Waals surface area contributed by atoms with Gasteiger partial charge in [-0.05, 0) is 24.1 Å². The lowest BCUT2D eigenvalue weighted by atomic mass is 10.1. The van der Waals surface area contributed by atoms with E-state index >= 15 is 0 Å². The fraction of sp³-hybridized carbons (Fsp3) is 0.455. The molecule has 0 spiro atoms. The number of phenols is 1. The highest BCUT2D eigenvalue weighted by atomic mass is 16.6. The molecule has 1 aromatic rings. The van der Waals surface area contributed by atoms with Crippen LogP contribution in [0, 0.1) is 16.0 Å². The van der Waals surface area contributed by atoms with Crippen molar-refractivity contribution in [2.45, 2.75) is 20.4 Å². The number of hydrogen-bond donors (Lipinski definition) is 2. The summed E-state index contributed by atoms with van der Waals surface area (Å²) in [5.74, 6) is 0.240. The fourth-order valence-corrected chi connectivity index (χ4v) is 1.33. The molecule has 0 atom stereocenters. The second-order valence-corrected chi connectivity index (χ2v) is 4.10. The minimum Gasteiger partial charge on any atom is -0.502 e. The summed E-state index contributed by atoms with van der Waals surface area (Å²) in [5.41, 5.74) is 0.550. The minimum atomic E-state index is -0.582. The van der Waals surface area contributed by atoms with Crippen LogP contribution in [0.4, 0.5) is 5.69 Å². The van der Waals surface area contributed by atoms with Crippen molar-refractivity contribution in [3.8, 4) is 5.75 Å². The monoisotopic (exact) mass is 224 g/mol. The molecule has 0 aliphatic rings. The van der Waals surface area contributed by atoms with Crippen molar-refractivity contribution in [1.82, 2.24) is 5.32 Å². The quantitative estimate of drug-likeness (QED) is 0.592. The van der Waals surface area contributed by atoms with Crippen LogP contribution in [-0.2, 0) is 6.54 Å². The Morgan fingerprint density at radius 3 is 2.75 bits per heavy atom. The van der Waals surface area contributed by atoms with Crippen molar-refractivity contribution >= 4 is 5.69 Å². The molecule has 1 aromatic carbocycles. The number of aromatic hydroxyl groups is 1. The van der Waals surface area contributed by atoms with E-state index in [0.29, 0.717) is 12.5 Å². The van der Waals surface area contributed by atoms with Crippen molar-refractivity contribution < 1.29 is 10.0 Å². The Morgan fingerprint density at radius 2 is 2.19 bits per heavy atom. The molecule has 5 nitrogen and oxygen atoms in total. The van der Waals surface area contributed by atoms with Crippen LogP contribution in [0.3, 0.4) is 0 Å². The van der Waals surface area contributed by atoms with Crippen LogP contribution in [0.5, 0.6) is 5.75 Å². The van der Waals surface area contributed by atoms with Crippen molar-refractivity contribution in [1.29, 1.82) is 0 Å². The lowest BCUT2D eigenvalue weighted by Gasteiger charge is -2.07. The maximum Gasteiger partial charge on any atom is 0.311 e. The first-order valence-electron chi connectivity index (χ1n) is 5.17. The van der Waals surface area contributed by atoms with Crippen LogP contribution in [0.1, 0.15) is 19.4 Å². The highest BCUT2D eigenvalue weighted by Gasteiger charge is 2.13. The summed E-state index contributed by atoms with van der Waals surface area (Å²) in [7, 11) is 0. The number of benzene rings is 1. The zero-order chi connectivity index (χ0) is 12.1. The van der Waals surface area contributed by atoms with E-state index in [1.54, 1.807) is 6.07 Å². The van der Waals surface area contributed by atoms with E-state index in [2.05, 4.69) is 19.2 Å². The summed E-state index contributed by atoms with van der Waals surface area (Å²) >= 11 is 0. The molecule has 0 saturated heterocycles. The van der Waals surface area contributed by atoms with Gasteiger partial charge < -0.3 is 10.4 Å². The topological polar surface area (TPSA) is 75.4 Å². The molecule has 0 radical (unpaired) electrons. The summed E-state index contributed by atoms with van der Waals surface area (Å²) in [4.78, 5) is 10.00. The van der Waals surface area contributed by atoms with E-state index in [1.165, 1.54) is 12.1 Å². The average molecular weight is 224 g/mol. The minimum absolute atomic E-state index is 0.246. The van der Waals surface area contributed by atoms with Gasteiger partial charge in [0.2, 0.25) is 0 Å². The van der Waals surface area contributed by atoms with E-state index in [-0.39, 0.29) is 11.4 Å². The summed E-state index contributed by atoms with van der Waals surface area (Å²) in [6.45, 7) is 5.60. The second kappa shape index (κ2) is 5.46. The molecule has 88 valence electrons. The normalized spacial score (nSPS) is 10.7. The smallest absolute Gasteiger partial charge is 0.311 e. The highest BCUT2D eigenvalue weighted by Crippen LogP contribution is 2.26. The van der Waals surface area contributed by atoms with Crippen LogP contribution >= 0.6 is 0 Å². The van der Waals surface area contributed by atoms with Crippen LogP contribution < -0.4 is 5.32 Å². The molecule has 0 saturated carbocycles. The van der Waals surface area contributed by atoms with Crippen LogP contribution in [-0.4, -0.2) is 16.6 Å². The Bertz CT molecular complexity index is 377. The summed E-state index contributed by atoms with van der Waals surface area (Å²) in [6, 6.07) is 4.42. The first kappa shape index (κ1) is 12.4. The van der Waals surface area contributed by atoms with E-state index in [1.807, 2.05) is 0 Å². The maximum atomic E-state index is 10.6. The molecule has 0 aromatic heterocycles. The standard InChI is InChI=1S/C11H16N2O3/c1-8(2)6-12-7-9-3-4-11(14)10(5-9)13(15)16/h3-5,8,12,14H,6-7H2,1-2H3. The number of nitro benzene ring substituents is 1. The van der Waals surface area contributed by atoms with Crippen molar-refractivity contribution in [3.63, 3.8) is 0 Å². The van der Waals surface area contributed by atoms with E-state index in [4.69, 9.17) is 0 Å². The van der Waals surface area contributed by atoms with Crippen LogP contribution in [0.2, 0.25) is 0 Å². The number of nitrogens with one attached hydrogen (secondary N) is 1. The zero-order valence-corrected chi connectivity index (χ0v) is 9.43. The van der Waals surface area contributed by atoms with E-state index in [9.17, 15) is 15.2 Å². The third kappa shape index (κ3) is 3.51. The van der Waals surface area contributed by atoms with Gasteiger partial charge in [-0.1, -0.05) is 19.9 Å². The van der Waals surface area contributed by atoms with Gasteiger partial charge in [-0.2, -0.15) is 0 Å². The van der Waals surface area contributed by atoms with Gasteiger partial charge in [0.1, 0.15) is 0 Å². The molecule has 2 N–H and O–H groups in total. The molecule has 0 amide bonds. The Labute approximate surface area is 94.3 Å². The van der Waals surface area contributed by atoms with Crippen LogP contribution in [0.25, 0.3) is 0 Å². The Morgan fingerprint density at radius 1 is 1.50 bits per heavy atom. The first-order chi connectivity index (χ1) is 7.50. The molecule has 0 aliphatic heterocycles. The van der Waals surface area contributed by atoms with Crippen LogP contribution in [0.15, 0.2) is 18.2 Å². The Kier molecular flexibility index (Phi) is 4.25. The number of nitro groups is 1. The molecular weight excluding hydrogens is 208 g/mol. The SMILES string of the molecule is CC(C)CNCc1ccc(O)c([N+](=O)[O-])c1. The Hall–Kier alpha value is -1.62. The highest BCUT2D eigenvalue weighted by molar-refractivity contribution is 5.47. The second-order valence-electron chi connectivity index (χ2n) is 4.10. The fourth-order valence-electron chi connectivity index (χ4n) is 1.33.